The predicted octanol–water partition coefficient (Wildman–Crippen LogP) is 1.39. The maximum Gasteiger partial charge on any atom is 0.338 e. The first-order valence-electron chi connectivity index (χ1n) is 9.72. The molecular weight excluding hydrogens is 411 g/mol. The van der Waals surface area contributed by atoms with E-state index in [4.69, 9.17) is 0 Å². The molecular formula is C19H23FN6O3S. The first-order chi connectivity index (χ1) is 14.4. The molecule has 1 aromatic carbocycles. The third kappa shape index (κ3) is 3.82. The Hall–Kier alpha value is -2.79. The van der Waals surface area contributed by atoms with Gasteiger partial charge in [0.2, 0.25) is 5.95 Å². The Morgan fingerprint density at radius 3 is 2.47 bits per heavy atom. The van der Waals surface area contributed by atoms with Crippen LogP contribution in [0.25, 0.3) is 0 Å². The molecule has 0 atom stereocenters. The van der Waals surface area contributed by atoms with Gasteiger partial charge in [0.15, 0.2) is 0 Å². The molecule has 1 aromatic heterocycles. The maximum atomic E-state index is 13.6. The molecule has 160 valence electrons. The number of piperazine rings is 1. The van der Waals surface area contributed by atoms with Crippen LogP contribution in [0.5, 0.6) is 0 Å². The zero-order chi connectivity index (χ0) is 21.3. The Kier molecular flexibility index (Phi) is 5.56. The minimum atomic E-state index is -4.08. The summed E-state index contributed by atoms with van der Waals surface area (Å²) in [7, 11) is -2.58. The van der Waals surface area contributed by atoms with Gasteiger partial charge in [0.1, 0.15) is 10.7 Å². The number of anilines is 2. The fourth-order valence-corrected chi connectivity index (χ4v) is 5.41. The fourth-order valence-electron chi connectivity index (χ4n) is 3.74. The van der Waals surface area contributed by atoms with Gasteiger partial charge in [0, 0.05) is 58.7 Å². The number of rotatable bonds is 5. The van der Waals surface area contributed by atoms with E-state index in [9.17, 15) is 17.6 Å². The molecule has 0 radical (unpaired) electrons. The molecule has 0 bridgehead atoms. The highest BCUT2D eigenvalue weighted by molar-refractivity contribution is 7.90. The number of sulfonamides is 1. The first-order valence-corrected chi connectivity index (χ1v) is 11.2. The number of benzene rings is 1. The van der Waals surface area contributed by atoms with Crippen LogP contribution in [0.4, 0.5) is 20.8 Å². The normalized spacial score (nSPS) is 19.1. The second-order valence-corrected chi connectivity index (χ2v) is 9.09. The van der Waals surface area contributed by atoms with Crippen molar-refractivity contribution in [3.8, 4) is 0 Å². The van der Waals surface area contributed by atoms with Gasteiger partial charge in [0.05, 0.1) is 5.69 Å². The number of amides is 2. The van der Waals surface area contributed by atoms with Gasteiger partial charge in [-0.3, -0.25) is 9.80 Å². The van der Waals surface area contributed by atoms with Gasteiger partial charge in [-0.25, -0.2) is 31.9 Å². The van der Waals surface area contributed by atoms with Crippen molar-refractivity contribution in [1.82, 2.24) is 19.2 Å². The summed E-state index contributed by atoms with van der Waals surface area (Å²) in [4.78, 5) is 26.5. The highest BCUT2D eigenvalue weighted by atomic mass is 32.2. The summed E-state index contributed by atoms with van der Waals surface area (Å²) in [6, 6.07) is 4.58. The molecule has 4 rings (SSSR count). The molecule has 0 aliphatic carbocycles. The lowest BCUT2D eigenvalue weighted by Gasteiger charge is -2.36. The van der Waals surface area contributed by atoms with Crippen molar-refractivity contribution in [2.75, 3.05) is 56.1 Å². The Morgan fingerprint density at radius 1 is 1.07 bits per heavy atom. The minimum Gasteiger partial charge on any atom is -0.338 e. The first kappa shape index (κ1) is 20.5. The number of halogens is 1. The van der Waals surface area contributed by atoms with Crippen LogP contribution in [-0.2, 0) is 10.0 Å². The van der Waals surface area contributed by atoms with E-state index in [2.05, 4.69) is 19.8 Å². The van der Waals surface area contributed by atoms with Crippen molar-refractivity contribution < 1.29 is 17.6 Å². The van der Waals surface area contributed by atoms with E-state index in [1.807, 2.05) is 0 Å². The van der Waals surface area contributed by atoms with Crippen molar-refractivity contribution >= 4 is 27.7 Å². The molecule has 1 fully saturated rings. The molecule has 0 saturated carbocycles. The summed E-state index contributed by atoms with van der Waals surface area (Å²) in [6.45, 7) is 3.85. The largest absolute Gasteiger partial charge is 0.338 e. The van der Waals surface area contributed by atoms with E-state index in [1.165, 1.54) is 18.0 Å². The fraction of sp³-hybridized carbons (Fsp3) is 0.421. The number of fused-ring (bicyclic) bond motifs is 1. The zero-order valence-electron chi connectivity index (χ0n) is 16.6. The number of aromatic nitrogens is 2. The van der Waals surface area contributed by atoms with Crippen LogP contribution in [0.3, 0.4) is 0 Å². The average Bonchev–Trinajstić information content (AvgIpc) is 2.76. The zero-order valence-corrected chi connectivity index (χ0v) is 17.4. The third-order valence-corrected chi connectivity index (χ3v) is 7.20. The Labute approximate surface area is 174 Å². The van der Waals surface area contributed by atoms with Gasteiger partial charge in [-0.15, -0.1) is 0 Å². The second kappa shape index (κ2) is 8.15. The van der Waals surface area contributed by atoms with Crippen LogP contribution in [0.1, 0.15) is 6.42 Å². The van der Waals surface area contributed by atoms with Crippen molar-refractivity contribution in [1.29, 1.82) is 0 Å². The van der Waals surface area contributed by atoms with Crippen LogP contribution in [0.15, 0.2) is 41.6 Å². The topological polar surface area (TPSA) is 90.0 Å². The van der Waals surface area contributed by atoms with Crippen molar-refractivity contribution in [3.63, 3.8) is 0 Å². The molecule has 2 aliphatic heterocycles. The molecule has 2 aliphatic rings. The van der Waals surface area contributed by atoms with E-state index >= 15 is 0 Å². The Bertz CT molecular complexity index is 1030. The summed E-state index contributed by atoms with van der Waals surface area (Å²) in [5.41, 5.74) is 0.192. The van der Waals surface area contributed by atoms with Crippen molar-refractivity contribution in [2.45, 2.75) is 11.3 Å². The third-order valence-electron chi connectivity index (χ3n) is 5.39. The summed E-state index contributed by atoms with van der Waals surface area (Å²) in [6.07, 6.45) is 3.92. The summed E-state index contributed by atoms with van der Waals surface area (Å²) < 4.78 is 40.2. The van der Waals surface area contributed by atoms with Gasteiger partial charge in [-0.2, -0.15) is 0 Å². The van der Waals surface area contributed by atoms with Crippen LogP contribution < -0.4 is 9.80 Å². The second-order valence-electron chi connectivity index (χ2n) is 7.26. The molecule has 1 saturated heterocycles. The average molecular weight is 434 g/mol. The number of carbonyl (C=O) groups is 1. The molecule has 2 amide bonds. The highest BCUT2D eigenvalue weighted by Gasteiger charge is 2.40. The molecule has 0 unspecified atom stereocenters. The van der Waals surface area contributed by atoms with Gasteiger partial charge in [-0.1, -0.05) is 0 Å². The summed E-state index contributed by atoms with van der Waals surface area (Å²) in [5.74, 6) is 0.0522. The van der Waals surface area contributed by atoms with Gasteiger partial charge >= 0.3 is 6.03 Å². The Morgan fingerprint density at radius 2 is 1.77 bits per heavy atom. The van der Waals surface area contributed by atoms with E-state index in [0.29, 0.717) is 18.9 Å². The Balaban J connectivity index is 1.36. The standard InChI is InChI=1S/C19H23FN6O3S/c1-23-16-5-4-15(20)14-17(16)30(28,29)26(19(23)27)9-3-8-24-10-12-25(13-11-24)18-21-6-2-7-22-18/h2,4-7,14H,3,8-13H2,1H3. The van der Waals surface area contributed by atoms with Gasteiger partial charge in [0.25, 0.3) is 10.0 Å². The lowest BCUT2D eigenvalue weighted by atomic mass is 10.3. The lowest BCUT2D eigenvalue weighted by molar-refractivity contribution is 0.221. The molecule has 11 heteroatoms. The summed E-state index contributed by atoms with van der Waals surface area (Å²) in [5, 5.41) is 0. The van der Waals surface area contributed by atoms with Crippen LogP contribution in [0.2, 0.25) is 0 Å². The number of urea groups is 1. The maximum absolute atomic E-state index is 13.6. The lowest BCUT2D eigenvalue weighted by Crippen LogP contribution is -2.50. The quantitative estimate of drug-likeness (QED) is 0.702. The van der Waals surface area contributed by atoms with Crippen LogP contribution >= 0.6 is 0 Å². The molecule has 2 aromatic rings. The van der Waals surface area contributed by atoms with E-state index in [1.54, 1.807) is 18.5 Å². The molecule has 30 heavy (non-hydrogen) atoms. The number of hydrogen-bond acceptors (Lipinski definition) is 7. The van der Waals surface area contributed by atoms with Crippen LogP contribution in [-0.4, -0.2) is 79.9 Å². The number of nitrogens with zero attached hydrogens (tertiary/aromatic N) is 6. The smallest absolute Gasteiger partial charge is 0.338 e. The highest BCUT2D eigenvalue weighted by Crippen LogP contribution is 2.34. The van der Waals surface area contributed by atoms with Gasteiger partial charge < -0.3 is 4.90 Å². The van der Waals surface area contributed by atoms with Crippen molar-refractivity contribution in [3.05, 3.63) is 42.5 Å². The predicted molar refractivity (Wildman–Crippen MR) is 109 cm³/mol. The van der Waals surface area contributed by atoms with Crippen molar-refractivity contribution in [2.24, 2.45) is 0 Å². The minimum absolute atomic E-state index is 0.0451. The monoisotopic (exact) mass is 434 g/mol. The number of carbonyl (C=O) groups excluding carboxylic acids is 1. The van der Waals surface area contributed by atoms with E-state index < -0.39 is 21.9 Å². The van der Waals surface area contributed by atoms with E-state index in [-0.39, 0.29) is 17.1 Å². The summed E-state index contributed by atoms with van der Waals surface area (Å²) >= 11 is 0. The van der Waals surface area contributed by atoms with Crippen LogP contribution in [0, 0.1) is 5.82 Å². The molecule has 0 N–H and O–H groups in total. The SMILES string of the molecule is CN1C(=O)N(CCCN2CCN(c3ncccn3)CC2)S(=O)(=O)c2cc(F)ccc21. The van der Waals surface area contributed by atoms with Gasteiger partial charge in [-0.05, 0) is 30.7 Å². The molecule has 9 nitrogen and oxygen atoms in total. The number of hydrogen-bond donors (Lipinski definition) is 0. The van der Waals surface area contributed by atoms with E-state index in [0.717, 1.165) is 42.6 Å². The molecule has 0 spiro atoms. The molecule has 3 heterocycles.